The molecule has 3 N–H and O–H groups in total. The van der Waals surface area contributed by atoms with E-state index in [0.29, 0.717) is 19.0 Å². The number of rotatable bonds is 12. The van der Waals surface area contributed by atoms with Gasteiger partial charge in [0.05, 0.1) is 19.8 Å². The van der Waals surface area contributed by atoms with Gasteiger partial charge in [0, 0.05) is 11.5 Å². The zero-order valence-electron chi connectivity index (χ0n) is 22.4. The van der Waals surface area contributed by atoms with Crippen LogP contribution in [0.3, 0.4) is 0 Å². The smallest absolute Gasteiger partial charge is 0.494 e. The molecule has 0 heterocycles. The van der Waals surface area contributed by atoms with E-state index in [-0.39, 0.29) is 13.2 Å². The first-order valence-corrected chi connectivity index (χ1v) is 12.3. The molecule has 0 bridgehead atoms. The second kappa shape index (κ2) is 14.5. The van der Waals surface area contributed by atoms with E-state index >= 15 is 0 Å². The number of nitrogens with one attached hydrogen (secondary N) is 1. The summed E-state index contributed by atoms with van der Waals surface area (Å²) in [4.78, 5) is 35.3. The van der Waals surface area contributed by atoms with Crippen LogP contribution in [0.25, 0.3) is 12.2 Å². The SMILES string of the molecule is CCOc1cc(C=Cc2ccc(OC(=O)OCCNC(=O)C(OC(N)=O)C(C)(C)C)cc2)cc(OCC)c1. The summed E-state index contributed by atoms with van der Waals surface area (Å²) in [5, 5.41) is 2.54. The fourth-order valence-electron chi connectivity index (χ4n) is 3.30. The highest BCUT2D eigenvalue weighted by molar-refractivity contribution is 5.84. The number of nitrogens with two attached hydrogens (primary N) is 1. The average molecular weight is 529 g/mol. The molecule has 1 atom stereocenters. The Morgan fingerprint density at radius 3 is 2.00 bits per heavy atom. The zero-order chi connectivity index (χ0) is 28.1. The lowest BCUT2D eigenvalue weighted by molar-refractivity contribution is -0.134. The Morgan fingerprint density at radius 1 is 0.895 bits per heavy atom. The second-order valence-corrected chi connectivity index (χ2v) is 9.18. The number of hydrogen-bond acceptors (Lipinski definition) is 8. The van der Waals surface area contributed by atoms with Gasteiger partial charge in [-0.25, -0.2) is 9.59 Å². The van der Waals surface area contributed by atoms with Gasteiger partial charge in [-0.1, -0.05) is 45.1 Å². The maximum absolute atomic E-state index is 12.3. The van der Waals surface area contributed by atoms with Crippen LogP contribution in [0.2, 0.25) is 0 Å². The summed E-state index contributed by atoms with van der Waals surface area (Å²) < 4.78 is 26.3. The first-order valence-electron chi connectivity index (χ1n) is 12.3. The monoisotopic (exact) mass is 528 g/mol. The lowest BCUT2D eigenvalue weighted by Gasteiger charge is -2.28. The van der Waals surface area contributed by atoms with E-state index in [9.17, 15) is 14.4 Å². The van der Waals surface area contributed by atoms with E-state index < -0.39 is 29.7 Å². The number of benzene rings is 2. The standard InChI is InChI=1S/C28H36N2O8/c1-6-34-22-16-20(17-23(18-22)35-7-2)9-8-19-10-12-21(13-11-19)37-27(33)36-15-14-30-25(31)24(28(3,4)5)38-26(29)32/h8-13,16-18,24H,6-7,14-15H2,1-5H3,(H2,29,32)(H,30,31). The largest absolute Gasteiger partial charge is 0.513 e. The maximum atomic E-state index is 12.3. The molecule has 2 aromatic carbocycles. The topological polar surface area (TPSA) is 135 Å². The molecule has 2 amide bonds. The lowest BCUT2D eigenvalue weighted by Crippen LogP contribution is -2.47. The first-order chi connectivity index (χ1) is 18.0. The summed E-state index contributed by atoms with van der Waals surface area (Å²) in [6.45, 7) is 10.0. The molecule has 0 radical (unpaired) electrons. The minimum atomic E-state index is -1.08. The normalized spacial score (nSPS) is 11.9. The Hall–Kier alpha value is -4.21. The minimum absolute atomic E-state index is 0.00186. The van der Waals surface area contributed by atoms with Crippen molar-refractivity contribution in [1.29, 1.82) is 0 Å². The Kier molecular flexibility index (Phi) is 11.5. The summed E-state index contributed by atoms with van der Waals surface area (Å²) in [6, 6.07) is 12.6. The second-order valence-electron chi connectivity index (χ2n) is 9.18. The van der Waals surface area contributed by atoms with Gasteiger partial charge in [0.25, 0.3) is 5.91 Å². The molecule has 2 rings (SSSR count). The molecule has 0 aliphatic heterocycles. The molecule has 2 aromatic rings. The van der Waals surface area contributed by atoms with Crippen LogP contribution in [0, 0.1) is 5.41 Å². The van der Waals surface area contributed by atoms with Gasteiger partial charge in [0.15, 0.2) is 6.10 Å². The fraction of sp³-hybridized carbons (Fsp3) is 0.393. The number of hydrogen-bond donors (Lipinski definition) is 2. The molecule has 1 unspecified atom stereocenters. The molecule has 0 fully saturated rings. The third-order valence-corrected chi connectivity index (χ3v) is 4.95. The van der Waals surface area contributed by atoms with Crippen LogP contribution in [-0.4, -0.2) is 50.6 Å². The minimum Gasteiger partial charge on any atom is -0.494 e. The van der Waals surface area contributed by atoms with E-state index in [1.807, 2.05) is 44.2 Å². The highest BCUT2D eigenvalue weighted by Crippen LogP contribution is 2.25. The molecule has 0 spiro atoms. The predicted octanol–water partition coefficient (Wildman–Crippen LogP) is 4.80. The van der Waals surface area contributed by atoms with Gasteiger partial charge in [-0.3, -0.25) is 4.79 Å². The van der Waals surface area contributed by atoms with Gasteiger partial charge in [-0.05, 0) is 49.2 Å². The molecular weight excluding hydrogens is 492 g/mol. The molecule has 206 valence electrons. The number of primary amides is 1. The Morgan fingerprint density at radius 2 is 1.47 bits per heavy atom. The van der Waals surface area contributed by atoms with E-state index in [2.05, 4.69) is 5.32 Å². The van der Waals surface area contributed by atoms with Crippen LogP contribution in [0.4, 0.5) is 9.59 Å². The molecule has 38 heavy (non-hydrogen) atoms. The Labute approximate surface area is 223 Å². The van der Waals surface area contributed by atoms with Crippen LogP contribution in [-0.2, 0) is 14.3 Å². The van der Waals surface area contributed by atoms with E-state index in [1.54, 1.807) is 45.0 Å². The average Bonchev–Trinajstić information content (AvgIpc) is 2.84. The van der Waals surface area contributed by atoms with Crippen LogP contribution in [0.5, 0.6) is 17.2 Å². The zero-order valence-corrected chi connectivity index (χ0v) is 22.4. The van der Waals surface area contributed by atoms with Crippen molar-refractivity contribution in [2.45, 2.75) is 40.7 Å². The van der Waals surface area contributed by atoms with Crippen LogP contribution in [0.15, 0.2) is 42.5 Å². The highest BCUT2D eigenvalue weighted by Gasteiger charge is 2.34. The van der Waals surface area contributed by atoms with Gasteiger partial charge in [-0.2, -0.15) is 0 Å². The van der Waals surface area contributed by atoms with Gasteiger partial charge >= 0.3 is 12.2 Å². The summed E-state index contributed by atoms with van der Waals surface area (Å²) >= 11 is 0. The molecule has 10 nitrogen and oxygen atoms in total. The van der Waals surface area contributed by atoms with Crippen LogP contribution < -0.4 is 25.3 Å². The summed E-state index contributed by atoms with van der Waals surface area (Å²) in [5.41, 5.74) is 6.18. The molecule has 0 aliphatic rings. The number of ether oxygens (including phenoxy) is 5. The van der Waals surface area contributed by atoms with Crippen molar-refractivity contribution in [1.82, 2.24) is 5.32 Å². The molecule has 0 saturated heterocycles. The quantitative estimate of drug-likeness (QED) is 0.174. The number of carbonyl (C=O) groups excluding carboxylic acids is 3. The van der Waals surface area contributed by atoms with Gasteiger partial charge in [0.1, 0.15) is 23.9 Å². The van der Waals surface area contributed by atoms with Crippen LogP contribution >= 0.6 is 0 Å². The van der Waals surface area contributed by atoms with E-state index in [1.165, 1.54) is 0 Å². The highest BCUT2D eigenvalue weighted by atomic mass is 16.7. The van der Waals surface area contributed by atoms with Crippen molar-refractivity contribution >= 4 is 30.3 Å². The van der Waals surface area contributed by atoms with Crippen molar-refractivity contribution < 1.29 is 38.1 Å². The summed E-state index contributed by atoms with van der Waals surface area (Å²) in [6.07, 6.45) is 0.799. The van der Waals surface area contributed by atoms with Crippen molar-refractivity contribution in [3.05, 3.63) is 53.6 Å². The van der Waals surface area contributed by atoms with Crippen molar-refractivity contribution in [3.63, 3.8) is 0 Å². The van der Waals surface area contributed by atoms with E-state index in [0.717, 1.165) is 22.6 Å². The molecule has 0 aromatic heterocycles. The van der Waals surface area contributed by atoms with Crippen LogP contribution in [0.1, 0.15) is 45.7 Å². The molecule has 0 aliphatic carbocycles. The maximum Gasteiger partial charge on any atom is 0.513 e. The van der Waals surface area contributed by atoms with Crippen molar-refractivity contribution in [3.8, 4) is 17.2 Å². The fourth-order valence-corrected chi connectivity index (χ4v) is 3.30. The van der Waals surface area contributed by atoms with E-state index in [4.69, 9.17) is 29.4 Å². The summed E-state index contributed by atoms with van der Waals surface area (Å²) in [5.74, 6) is 1.22. The third kappa shape index (κ3) is 10.4. The molecule has 10 heteroatoms. The van der Waals surface area contributed by atoms with Gasteiger partial charge in [-0.15, -0.1) is 0 Å². The number of amides is 2. The van der Waals surface area contributed by atoms with Crippen molar-refractivity contribution in [2.24, 2.45) is 11.1 Å². The molecule has 0 saturated carbocycles. The Bertz CT molecular complexity index is 1080. The number of carbonyl (C=O) groups is 3. The van der Waals surface area contributed by atoms with Gasteiger partial charge < -0.3 is 34.7 Å². The molecular formula is C28H36N2O8. The lowest BCUT2D eigenvalue weighted by atomic mass is 9.88. The third-order valence-electron chi connectivity index (χ3n) is 4.95. The summed E-state index contributed by atoms with van der Waals surface area (Å²) in [7, 11) is 0. The first kappa shape index (κ1) is 30.0. The Balaban J connectivity index is 1.85. The van der Waals surface area contributed by atoms with Crippen molar-refractivity contribution in [2.75, 3.05) is 26.4 Å². The predicted molar refractivity (Wildman–Crippen MR) is 143 cm³/mol. The van der Waals surface area contributed by atoms with Gasteiger partial charge in [0.2, 0.25) is 0 Å².